The molecular formula is C13H18N4O4S. The van der Waals surface area contributed by atoms with Crippen LogP contribution in [0.3, 0.4) is 0 Å². The summed E-state index contributed by atoms with van der Waals surface area (Å²) in [7, 11) is 0. The Bertz CT molecular complexity index is 546. The third-order valence-electron chi connectivity index (χ3n) is 3.06. The number of ether oxygens (including phenoxy) is 1. The Hall–Kier alpha value is -1.74. The number of rotatable bonds is 6. The lowest BCUT2D eigenvalue weighted by molar-refractivity contribution is -0.142. The van der Waals surface area contributed by atoms with Crippen LogP contribution in [-0.2, 0) is 14.3 Å². The number of nitrogens with zero attached hydrogens (tertiary/aromatic N) is 4. The van der Waals surface area contributed by atoms with Crippen molar-refractivity contribution in [2.24, 2.45) is 21.0 Å². The van der Waals surface area contributed by atoms with Crippen molar-refractivity contribution in [1.29, 1.82) is 0 Å². The first-order valence-corrected chi connectivity index (χ1v) is 7.95. The van der Waals surface area contributed by atoms with Crippen molar-refractivity contribution in [3.63, 3.8) is 0 Å². The molecule has 2 unspecified atom stereocenters. The summed E-state index contributed by atoms with van der Waals surface area (Å²) in [5.74, 6) is -0.869. The number of β-amino-alcohol motifs (C(OH)–C–C–N with tert-alkyl or cyclic N) is 1. The van der Waals surface area contributed by atoms with E-state index in [0.29, 0.717) is 18.9 Å². The fraction of sp³-hybridized carbons (Fsp3) is 0.615. The largest absolute Gasteiger partial charge is 0.465 e. The van der Waals surface area contributed by atoms with Crippen molar-refractivity contribution in [2.75, 3.05) is 19.8 Å². The van der Waals surface area contributed by atoms with E-state index in [2.05, 4.69) is 15.1 Å². The van der Waals surface area contributed by atoms with Crippen molar-refractivity contribution >= 4 is 40.9 Å². The van der Waals surface area contributed by atoms with E-state index < -0.39 is 11.2 Å². The van der Waals surface area contributed by atoms with Crippen LogP contribution in [0.5, 0.6) is 0 Å². The minimum absolute atomic E-state index is 0.0999. The van der Waals surface area contributed by atoms with E-state index in [0.717, 1.165) is 11.8 Å². The van der Waals surface area contributed by atoms with Gasteiger partial charge in [0, 0.05) is 6.21 Å². The number of hydrazone groups is 1. The molecule has 0 saturated carbocycles. The zero-order valence-corrected chi connectivity index (χ0v) is 13.2. The minimum atomic E-state index is -0.599. The normalized spacial score (nSPS) is 21.3. The van der Waals surface area contributed by atoms with Crippen molar-refractivity contribution in [3.8, 4) is 0 Å². The SMILES string of the molecule is CCOC(=O)C(CC)SC1=NC(=O)C2C=NN(CCO)C2=N1. The predicted octanol–water partition coefficient (Wildman–Crippen LogP) is 0.266. The summed E-state index contributed by atoms with van der Waals surface area (Å²) in [5, 5.41) is 14.3. The third-order valence-corrected chi connectivity index (χ3v) is 4.26. The number of carbonyl (C=O) groups excluding carboxylic acids is 2. The third kappa shape index (κ3) is 3.53. The Morgan fingerprint density at radius 1 is 1.50 bits per heavy atom. The summed E-state index contributed by atoms with van der Waals surface area (Å²) < 4.78 is 4.99. The first kappa shape index (κ1) is 16.6. The zero-order chi connectivity index (χ0) is 16.1. The number of esters is 1. The maximum absolute atomic E-state index is 12.0. The number of aliphatic hydroxyl groups excluding tert-OH is 1. The van der Waals surface area contributed by atoms with E-state index in [4.69, 9.17) is 9.84 Å². The Morgan fingerprint density at radius 2 is 2.27 bits per heavy atom. The van der Waals surface area contributed by atoms with Crippen LogP contribution in [0, 0.1) is 5.92 Å². The molecule has 8 nitrogen and oxygen atoms in total. The van der Waals surface area contributed by atoms with Crippen molar-refractivity contribution in [1.82, 2.24) is 5.01 Å². The summed E-state index contributed by atoms with van der Waals surface area (Å²) in [6.07, 6.45) is 2.01. The summed E-state index contributed by atoms with van der Waals surface area (Å²) in [6, 6.07) is 0. The minimum Gasteiger partial charge on any atom is -0.465 e. The summed E-state index contributed by atoms with van der Waals surface area (Å²) in [4.78, 5) is 32.1. The highest BCUT2D eigenvalue weighted by Gasteiger charge is 2.36. The number of amidine groups is 2. The van der Waals surface area contributed by atoms with Gasteiger partial charge in [-0.05, 0) is 13.3 Å². The van der Waals surface area contributed by atoms with Gasteiger partial charge in [0.1, 0.15) is 17.0 Å². The highest BCUT2D eigenvalue weighted by atomic mass is 32.2. The molecule has 2 rings (SSSR count). The first-order valence-electron chi connectivity index (χ1n) is 7.07. The molecule has 0 aromatic carbocycles. The molecule has 2 heterocycles. The second kappa shape index (κ2) is 7.50. The molecule has 2 aliphatic heterocycles. The van der Waals surface area contributed by atoms with Gasteiger partial charge in [-0.15, -0.1) is 0 Å². The molecular weight excluding hydrogens is 308 g/mol. The monoisotopic (exact) mass is 326 g/mol. The summed E-state index contributed by atoms with van der Waals surface area (Å²) in [6.45, 7) is 4.05. The molecule has 120 valence electrons. The lowest BCUT2D eigenvalue weighted by Crippen LogP contribution is -2.36. The molecule has 0 aromatic heterocycles. The van der Waals surface area contributed by atoms with Crippen LogP contribution in [-0.4, -0.2) is 64.2 Å². The van der Waals surface area contributed by atoms with E-state index in [1.807, 2.05) is 6.92 Å². The van der Waals surface area contributed by atoms with Gasteiger partial charge in [0.15, 0.2) is 5.17 Å². The quantitative estimate of drug-likeness (QED) is 0.702. The van der Waals surface area contributed by atoms with Gasteiger partial charge in [0.05, 0.1) is 19.8 Å². The van der Waals surface area contributed by atoms with E-state index in [1.54, 1.807) is 6.92 Å². The maximum atomic E-state index is 12.0. The molecule has 0 aliphatic carbocycles. The van der Waals surface area contributed by atoms with E-state index in [-0.39, 0.29) is 30.2 Å². The number of amides is 1. The van der Waals surface area contributed by atoms with Gasteiger partial charge in [-0.2, -0.15) is 10.1 Å². The average molecular weight is 326 g/mol. The molecule has 0 saturated heterocycles. The number of hydrogen-bond donors (Lipinski definition) is 1. The number of thioether (sulfide) groups is 1. The lowest BCUT2D eigenvalue weighted by Gasteiger charge is -2.20. The molecule has 22 heavy (non-hydrogen) atoms. The standard InChI is InChI=1S/C13H18N4O4S/c1-3-9(12(20)21-4-2)22-13-15-10-8(11(19)16-13)7-14-17(10)5-6-18/h7-9,18H,3-6H2,1-2H3. The highest BCUT2D eigenvalue weighted by molar-refractivity contribution is 8.15. The zero-order valence-electron chi connectivity index (χ0n) is 12.4. The highest BCUT2D eigenvalue weighted by Crippen LogP contribution is 2.25. The molecule has 9 heteroatoms. The smallest absolute Gasteiger partial charge is 0.319 e. The molecule has 1 N–H and O–H groups in total. The predicted molar refractivity (Wildman–Crippen MR) is 84.0 cm³/mol. The molecule has 1 amide bonds. The Labute approximate surface area is 132 Å². The molecule has 0 spiro atoms. The topological polar surface area (TPSA) is 104 Å². The molecule has 2 aliphatic rings. The van der Waals surface area contributed by atoms with Crippen LogP contribution in [0.1, 0.15) is 20.3 Å². The van der Waals surface area contributed by atoms with Crippen molar-refractivity contribution in [3.05, 3.63) is 0 Å². The van der Waals surface area contributed by atoms with Crippen LogP contribution in [0.2, 0.25) is 0 Å². The van der Waals surface area contributed by atoms with E-state index in [9.17, 15) is 9.59 Å². The molecule has 0 radical (unpaired) electrons. The van der Waals surface area contributed by atoms with Crippen LogP contribution < -0.4 is 0 Å². The average Bonchev–Trinajstić information content (AvgIpc) is 2.89. The fourth-order valence-electron chi connectivity index (χ4n) is 2.00. The van der Waals surface area contributed by atoms with Crippen LogP contribution >= 0.6 is 11.8 Å². The number of aliphatic imine (C=N–C) groups is 2. The number of fused-ring (bicyclic) bond motifs is 1. The van der Waals surface area contributed by atoms with Gasteiger partial charge in [-0.1, -0.05) is 18.7 Å². The Morgan fingerprint density at radius 3 is 2.91 bits per heavy atom. The Kier molecular flexibility index (Phi) is 5.67. The first-order chi connectivity index (χ1) is 10.6. The number of hydrogen-bond acceptors (Lipinski definition) is 8. The van der Waals surface area contributed by atoms with Crippen LogP contribution in [0.4, 0.5) is 0 Å². The van der Waals surface area contributed by atoms with Gasteiger partial charge in [-0.3, -0.25) is 9.59 Å². The Balaban J connectivity index is 2.13. The second-order valence-electron chi connectivity index (χ2n) is 4.56. The molecule has 0 bridgehead atoms. The van der Waals surface area contributed by atoms with Crippen molar-refractivity contribution < 1.29 is 19.4 Å². The molecule has 0 aromatic rings. The molecule has 2 atom stereocenters. The number of carbonyl (C=O) groups is 2. The maximum Gasteiger partial charge on any atom is 0.319 e. The van der Waals surface area contributed by atoms with Crippen LogP contribution in [0.15, 0.2) is 15.1 Å². The summed E-state index contributed by atoms with van der Waals surface area (Å²) in [5.41, 5.74) is 0. The van der Waals surface area contributed by atoms with Gasteiger partial charge in [0.25, 0.3) is 5.91 Å². The van der Waals surface area contributed by atoms with Gasteiger partial charge in [-0.25, -0.2) is 10.0 Å². The molecule has 0 fully saturated rings. The summed E-state index contributed by atoms with van der Waals surface area (Å²) >= 11 is 1.11. The lowest BCUT2D eigenvalue weighted by atomic mass is 10.1. The number of aliphatic hydroxyl groups is 1. The fourth-order valence-corrected chi connectivity index (χ4v) is 2.88. The second-order valence-corrected chi connectivity index (χ2v) is 5.73. The van der Waals surface area contributed by atoms with Gasteiger partial charge >= 0.3 is 5.97 Å². The van der Waals surface area contributed by atoms with Gasteiger partial charge < -0.3 is 9.84 Å². The van der Waals surface area contributed by atoms with E-state index in [1.165, 1.54) is 11.2 Å². The van der Waals surface area contributed by atoms with Crippen molar-refractivity contribution in [2.45, 2.75) is 25.5 Å². The van der Waals surface area contributed by atoms with Crippen LogP contribution in [0.25, 0.3) is 0 Å². The van der Waals surface area contributed by atoms with E-state index >= 15 is 0 Å². The van der Waals surface area contributed by atoms with Gasteiger partial charge in [0.2, 0.25) is 0 Å².